The molecule has 0 aliphatic carbocycles. The molecule has 1 fully saturated rings. The molecular weight excluding hydrogens is 304 g/mol. The number of H-pyrrole nitrogens is 1. The summed E-state index contributed by atoms with van der Waals surface area (Å²) in [5.41, 5.74) is 2.11. The van der Waals surface area contributed by atoms with Crippen LogP contribution < -0.4 is 5.56 Å². The van der Waals surface area contributed by atoms with E-state index in [0.29, 0.717) is 30.4 Å². The van der Waals surface area contributed by atoms with Gasteiger partial charge in [0, 0.05) is 31.2 Å². The quantitative estimate of drug-likeness (QED) is 0.900. The number of amides is 1. The number of likely N-dealkylation sites (tertiary alicyclic amines) is 1. The number of carbonyl (C=O) groups is 1. The molecule has 0 radical (unpaired) electrons. The summed E-state index contributed by atoms with van der Waals surface area (Å²) in [6.07, 6.45) is 0.935. The number of aryl methyl sites for hydroxylation is 1. The molecule has 1 amide bonds. The second-order valence-corrected chi connectivity index (χ2v) is 6.98. The fourth-order valence-electron chi connectivity index (χ4n) is 3.64. The first-order valence-electron chi connectivity index (χ1n) is 8.32. The lowest BCUT2D eigenvalue weighted by Gasteiger charge is -2.22. The van der Waals surface area contributed by atoms with Crippen molar-refractivity contribution < 1.29 is 4.79 Å². The predicted octanol–water partition coefficient (Wildman–Crippen LogP) is 1.20. The van der Waals surface area contributed by atoms with Crippen LogP contribution in [0.25, 0.3) is 0 Å². The largest absolute Gasteiger partial charge is 0.341 e. The third-order valence-corrected chi connectivity index (χ3v) is 5.10. The number of nitriles is 1. The van der Waals surface area contributed by atoms with Crippen LogP contribution in [-0.2, 0) is 11.2 Å². The Kier molecular flexibility index (Phi) is 5.45. The summed E-state index contributed by atoms with van der Waals surface area (Å²) in [6.45, 7) is 7.32. The van der Waals surface area contributed by atoms with Crippen molar-refractivity contribution in [3.8, 4) is 6.07 Å². The fraction of sp³-hybridized carbons (Fsp3) is 0.611. The maximum atomic E-state index is 12.5. The first kappa shape index (κ1) is 18.2. The van der Waals surface area contributed by atoms with E-state index in [1.807, 2.05) is 32.0 Å². The summed E-state index contributed by atoms with van der Waals surface area (Å²) in [7, 11) is 4.09. The van der Waals surface area contributed by atoms with Gasteiger partial charge in [-0.15, -0.1) is 0 Å². The molecule has 1 aliphatic rings. The van der Waals surface area contributed by atoms with Gasteiger partial charge in [0.05, 0.1) is 0 Å². The number of hydrogen-bond donors (Lipinski definition) is 1. The molecule has 0 aromatic carbocycles. The first-order valence-corrected chi connectivity index (χ1v) is 8.32. The van der Waals surface area contributed by atoms with Gasteiger partial charge in [0.1, 0.15) is 11.6 Å². The summed E-state index contributed by atoms with van der Waals surface area (Å²) < 4.78 is 0. The number of nitrogens with one attached hydrogen (secondary N) is 1. The van der Waals surface area contributed by atoms with Crippen molar-refractivity contribution in [2.24, 2.45) is 5.92 Å². The zero-order valence-electron chi connectivity index (χ0n) is 15.1. The van der Waals surface area contributed by atoms with E-state index in [4.69, 9.17) is 5.26 Å². The van der Waals surface area contributed by atoms with Crippen molar-refractivity contribution in [2.75, 3.05) is 27.2 Å². The van der Waals surface area contributed by atoms with Crippen LogP contribution in [0, 0.1) is 31.1 Å². The van der Waals surface area contributed by atoms with Crippen LogP contribution in [0.4, 0.5) is 0 Å². The van der Waals surface area contributed by atoms with Crippen LogP contribution in [0.5, 0.6) is 0 Å². The van der Waals surface area contributed by atoms with Crippen LogP contribution in [0.1, 0.15) is 35.7 Å². The summed E-state index contributed by atoms with van der Waals surface area (Å²) in [4.78, 5) is 31.1. The maximum absolute atomic E-state index is 12.5. The fourth-order valence-corrected chi connectivity index (χ4v) is 3.64. The van der Waals surface area contributed by atoms with Gasteiger partial charge in [0.2, 0.25) is 5.91 Å². The molecule has 2 rings (SSSR count). The van der Waals surface area contributed by atoms with Crippen molar-refractivity contribution >= 4 is 5.91 Å². The van der Waals surface area contributed by atoms with Crippen molar-refractivity contribution in [2.45, 2.75) is 39.7 Å². The predicted molar refractivity (Wildman–Crippen MR) is 92.8 cm³/mol. The molecule has 2 atom stereocenters. The van der Waals surface area contributed by atoms with Crippen LogP contribution in [0.15, 0.2) is 4.79 Å². The molecule has 0 saturated carbocycles. The summed E-state index contributed by atoms with van der Waals surface area (Å²) in [6, 6.07) is 2.35. The average Bonchev–Trinajstić information content (AvgIpc) is 2.89. The van der Waals surface area contributed by atoms with E-state index in [0.717, 1.165) is 24.3 Å². The highest BCUT2D eigenvalue weighted by molar-refractivity contribution is 5.77. The van der Waals surface area contributed by atoms with Crippen LogP contribution in [0.2, 0.25) is 0 Å². The third-order valence-electron chi connectivity index (χ3n) is 5.10. The lowest BCUT2D eigenvalue weighted by Crippen LogP contribution is -2.35. The number of aromatic amines is 1. The number of likely N-dealkylation sites (N-methyl/N-ethyl adjacent to an activating group) is 1. The zero-order chi connectivity index (χ0) is 18.0. The molecule has 6 heteroatoms. The van der Waals surface area contributed by atoms with E-state index in [1.54, 1.807) is 6.92 Å². The Morgan fingerprint density at radius 2 is 2.04 bits per heavy atom. The Morgan fingerprint density at radius 3 is 2.58 bits per heavy atom. The minimum absolute atomic E-state index is 0.134. The Morgan fingerprint density at radius 1 is 1.38 bits per heavy atom. The molecule has 6 nitrogen and oxygen atoms in total. The monoisotopic (exact) mass is 330 g/mol. The second kappa shape index (κ2) is 7.18. The van der Waals surface area contributed by atoms with E-state index in [1.165, 1.54) is 0 Å². The smallest absolute Gasteiger partial charge is 0.266 e. The third kappa shape index (κ3) is 3.51. The summed E-state index contributed by atoms with van der Waals surface area (Å²) in [5, 5.41) is 9.13. The standard InChI is InChI=1S/C18H26N4O2/c1-11-9-22(10-16(11)21(4)5)17(23)7-6-14-12(2)15(8-19)18(24)20-13(14)3/h11,16H,6-7,9-10H2,1-5H3,(H,20,24)/t11-,16+/m1/s1. The first-order chi connectivity index (χ1) is 11.3. The molecule has 130 valence electrons. The Hall–Kier alpha value is -2.13. The highest BCUT2D eigenvalue weighted by Gasteiger charge is 2.33. The van der Waals surface area contributed by atoms with Crippen molar-refractivity contribution in [3.05, 3.63) is 32.7 Å². The van der Waals surface area contributed by atoms with Gasteiger partial charge in [-0.05, 0) is 51.4 Å². The van der Waals surface area contributed by atoms with Gasteiger partial charge < -0.3 is 14.8 Å². The topological polar surface area (TPSA) is 80.2 Å². The second-order valence-electron chi connectivity index (χ2n) is 6.98. The van der Waals surface area contributed by atoms with Gasteiger partial charge in [-0.1, -0.05) is 6.92 Å². The minimum atomic E-state index is -0.357. The van der Waals surface area contributed by atoms with E-state index >= 15 is 0 Å². The molecule has 0 spiro atoms. The molecule has 24 heavy (non-hydrogen) atoms. The number of aromatic nitrogens is 1. The van der Waals surface area contributed by atoms with Crippen LogP contribution >= 0.6 is 0 Å². The van der Waals surface area contributed by atoms with Gasteiger partial charge in [0.25, 0.3) is 5.56 Å². The number of pyridine rings is 1. The van der Waals surface area contributed by atoms with Crippen molar-refractivity contribution in [1.29, 1.82) is 5.26 Å². The van der Waals surface area contributed by atoms with Crippen LogP contribution in [-0.4, -0.2) is 53.9 Å². The number of hydrogen-bond acceptors (Lipinski definition) is 4. The molecule has 0 unspecified atom stereocenters. The minimum Gasteiger partial charge on any atom is -0.341 e. The Labute approximate surface area is 143 Å². The maximum Gasteiger partial charge on any atom is 0.266 e. The van der Waals surface area contributed by atoms with Gasteiger partial charge in [-0.3, -0.25) is 9.59 Å². The van der Waals surface area contributed by atoms with Gasteiger partial charge >= 0.3 is 0 Å². The van der Waals surface area contributed by atoms with E-state index in [9.17, 15) is 9.59 Å². The number of rotatable bonds is 4. The Balaban J connectivity index is 2.08. The molecular formula is C18H26N4O2. The molecule has 1 aliphatic heterocycles. The number of nitrogens with zero attached hydrogens (tertiary/aromatic N) is 3. The lowest BCUT2D eigenvalue weighted by molar-refractivity contribution is -0.130. The van der Waals surface area contributed by atoms with Gasteiger partial charge in [-0.2, -0.15) is 5.26 Å². The van der Waals surface area contributed by atoms with E-state index in [-0.39, 0.29) is 17.0 Å². The van der Waals surface area contributed by atoms with Crippen molar-refractivity contribution in [1.82, 2.24) is 14.8 Å². The molecule has 0 bridgehead atoms. The molecule has 1 aromatic heterocycles. The zero-order valence-corrected chi connectivity index (χ0v) is 15.1. The van der Waals surface area contributed by atoms with E-state index < -0.39 is 0 Å². The van der Waals surface area contributed by atoms with Crippen molar-refractivity contribution in [3.63, 3.8) is 0 Å². The van der Waals surface area contributed by atoms with Gasteiger partial charge in [0.15, 0.2) is 0 Å². The van der Waals surface area contributed by atoms with Crippen LogP contribution in [0.3, 0.4) is 0 Å². The average molecular weight is 330 g/mol. The highest BCUT2D eigenvalue weighted by atomic mass is 16.2. The SMILES string of the molecule is Cc1[nH]c(=O)c(C#N)c(C)c1CCC(=O)N1C[C@@H](C)[C@@H](N(C)C)C1. The lowest BCUT2D eigenvalue weighted by atomic mass is 9.99. The molecule has 1 N–H and O–H groups in total. The Bertz CT molecular complexity index is 730. The summed E-state index contributed by atoms with van der Waals surface area (Å²) >= 11 is 0. The van der Waals surface area contributed by atoms with E-state index in [2.05, 4.69) is 16.8 Å². The normalized spacial score (nSPS) is 20.5. The molecule has 1 saturated heterocycles. The van der Waals surface area contributed by atoms with Gasteiger partial charge in [-0.25, -0.2) is 0 Å². The number of carbonyl (C=O) groups excluding carboxylic acids is 1. The molecule has 2 heterocycles. The summed E-state index contributed by atoms with van der Waals surface area (Å²) in [5.74, 6) is 0.598. The molecule has 1 aromatic rings. The highest BCUT2D eigenvalue weighted by Crippen LogP contribution is 2.22.